The van der Waals surface area contributed by atoms with Crippen LogP contribution in [-0.4, -0.2) is 41.2 Å². The summed E-state index contributed by atoms with van der Waals surface area (Å²) >= 11 is 0. The fourth-order valence-corrected chi connectivity index (χ4v) is 3.37. The van der Waals surface area contributed by atoms with E-state index in [0.717, 1.165) is 12.0 Å². The molecule has 2 aromatic carbocycles. The van der Waals surface area contributed by atoms with Gasteiger partial charge in [-0.15, -0.1) is 0 Å². The van der Waals surface area contributed by atoms with E-state index >= 15 is 0 Å². The Balaban J connectivity index is 1.73. The molecule has 3 rings (SSSR count). The molecule has 0 aromatic heterocycles. The van der Waals surface area contributed by atoms with E-state index in [9.17, 15) is 9.59 Å². The summed E-state index contributed by atoms with van der Waals surface area (Å²) in [6.07, 6.45) is 1.24. The molecule has 0 spiro atoms. The fourth-order valence-electron chi connectivity index (χ4n) is 3.37. The van der Waals surface area contributed by atoms with Crippen molar-refractivity contribution in [2.75, 3.05) is 19.6 Å². The van der Waals surface area contributed by atoms with Crippen molar-refractivity contribution in [1.82, 2.24) is 9.80 Å². The number of aryl methyl sites for hydroxylation is 1. The summed E-state index contributed by atoms with van der Waals surface area (Å²) in [7, 11) is 0. The summed E-state index contributed by atoms with van der Waals surface area (Å²) in [6.45, 7) is 3.36. The Morgan fingerprint density at radius 3 is 2.24 bits per heavy atom. The lowest BCUT2D eigenvalue weighted by molar-refractivity contribution is -0.142. The summed E-state index contributed by atoms with van der Waals surface area (Å²) in [4.78, 5) is 28.4. The Morgan fingerprint density at radius 1 is 0.960 bits per heavy atom. The third-order valence-electron chi connectivity index (χ3n) is 4.80. The van der Waals surface area contributed by atoms with E-state index in [4.69, 9.17) is 0 Å². The minimum Gasteiger partial charge on any atom is -0.339 e. The highest BCUT2D eigenvalue weighted by molar-refractivity contribution is 5.78. The molecule has 25 heavy (non-hydrogen) atoms. The van der Waals surface area contributed by atoms with Gasteiger partial charge >= 0.3 is 0 Å². The number of amides is 2. The maximum atomic E-state index is 12.9. The number of hydrogen-bond acceptors (Lipinski definition) is 2. The topological polar surface area (TPSA) is 40.6 Å². The van der Waals surface area contributed by atoms with Crippen LogP contribution in [0.25, 0.3) is 0 Å². The van der Waals surface area contributed by atoms with E-state index in [-0.39, 0.29) is 17.9 Å². The standard InChI is InChI=1S/C21H24N2O2/c1-17(24)22-14-15-23(20(16-22)19-10-6-3-7-11-19)21(25)13-12-18-8-4-2-5-9-18/h2-11,20H,12-16H2,1H3/t20-/m1/s1. The van der Waals surface area contributed by atoms with Crippen LogP contribution in [0.15, 0.2) is 60.7 Å². The van der Waals surface area contributed by atoms with Crippen molar-refractivity contribution in [3.05, 3.63) is 71.8 Å². The molecular formula is C21H24N2O2. The van der Waals surface area contributed by atoms with Crippen LogP contribution >= 0.6 is 0 Å². The van der Waals surface area contributed by atoms with Crippen LogP contribution in [0.4, 0.5) is 0 Å². The molecule has 0 unspecified atom stereocenters. The van der Waals surface area contributed by atoms with Gasteiger partial charge in [0.2, 0.25) is 11.8 Å². The van der Waals surface area contributed by atoms with Crippen molar-refractivity contribution in [1.29, 1.82) is 0 Å². The lowest BCUT2D eigenvalue weighted by atomic mass is 10.0. The van der Waals surface area contributed by atoms with E-state index in [1.807, 2.05) is 58.3 Å². The molecule has 0 bridgehead atoms. The van der Waals surface area contributed by atoms with Gasteiger partial charge in [0, 0.05) is 33.0 Å². The van der Waals surface area contributed by atoms with E-state index < -0.39 is 0 Å². The lowest BCUT2D eigenvalue weighted by Gasteiger charge is -2.41. The average molecular weight is 336 g/mol. The van der Waals surface area contributed by atoms with Crippen molar-refractivity contribution in [2.45, 2.75) is 25.8 Å². The van der Waals surface area contributed by atoms with Gasteiger partial charge in [-0.1, -0.05) is 60.7 Å². The Bertz CT molecular complexity index is 715. The maximum absolute atomic E-state index is 12.9. The summed E-state index contributed by atoms with van der Waals surface area (Å²) < 4.78 is 0. The second-order valence-electron chi connectivity index (χ2n) is 6.46. The minimum absolute atomic E-state index is 0.0670. The molecular weight excluding hydrogens is 312 g/mol. The summed E-state index contributed by atoms with van der Waals surface area (Å²) in [5, 5.41) is 0. The van der Waals surface area contributed by atoms with Crippen LogP contribution in [0.3, 0.4) is 0 Å². The molecule has 4 heteroatoms. The highest BCUT2D eigenvalue weighted by Crippen LogP contribution is 2.26. The first kappa shape index (κ1) is 17.2. The Kier molecular flexibility index (Phi) is 5.49. The van der Waals surface area contributed by atoms with Gasteiger partial charge < -0.3 is 9.80 Å². The second kappa shape index (κ2) is 7.97. The molecule has 0 aliphatic carbocycles. The number of piperazine rings is 1. The Hall–Kier alpha value is -2.62. The van der Waals surface area contributed by atoms with Crippen molar-refractivity contribution < 1.29 is 9.59 Å². The number of nitrogens with zero attached hydrogens (tertiary/aromatic N) is 2. The van der Waals surface area contributed by atoms with Gasteiger partial charge in [0.15, 0.2) is 0 Å². The van der Waals surface area contributed by atoms with E-state index in [1.54, 1.807) is 6.92 Å². The smallest absolute Gasteiger partial charge is 0.223 e. The largest absolute Gasteiger partial charge is 0.339 e. The molecule has 0 saturated carbocycles. The van der Waals surface area contributed by atoms with Crippen molar-refractivity contribution in [3.63, 3.8) is 0 Å². The van der Waals surface area contributed by atoms with Crippen molar-refractivity contribution in [3.8, 4) is 0 Å². The van der Waals surface area contributed by atoms with Crippen LogP contribution in [0.1, 0.15) is 30.5 Å². The Labute approximate surface area is 149 Å². The first-order chi connectivity index (χ1) is 12.1. The summed E-state index contributed by atoms with van der Waals surface area (Å²) in [5.41, 5.74) is 2.26. The molecule has 1 heterocycles. The second-order valence-corrected chi connectivity index (χ2v) is 6.46. The van der Waals surface area contributed by atoms with Crippen LogP contribution in [-0.2, 0) is 16.0 Å². The predicted octanol–water partition coefficient (Wildman–Crippen LogP) is 3.05. The molecule has 2 aromatic rings. The van der Waals surface area contributed by atoms with Gasteiger partial charge in [-0.25, -0.2) is 0 Å². The first-order valence-corrected chi connectivity index (χ1v) is 8.79. The number of carbonyl (C=O) groups is 2. The number of carbonyl (C=O) groups excluding carboxylic acids is 2. The normalized spacial score (nSPS) is 17.4. The van der Waals surface area contributed by atoms with Crippen molar-refractivity contribution >= 4 is 11.8 Å². The Morgan fingerprint density at radius 2 is 1.60 bits per heavy atom. The molecule has 1 saturated heterocycles. The highest BCUT2D eigenvalue weighted by atomic mass is 16.2. The zero-order valence-electron chi connectivity index (χ0n) is 14.6. The van der Waals surface area contributed by atoms with Gasteiger partial charge in [0.25, 0.3) is 0 Å². The van der Waals surface area contributed by atoms with Gasteiger partial charge in [0.1, 0.15) is 0 Å². The highest BCUT2D eigenvalue weighted by Gasteiger charge is 2.32. The van der Waals surface area contributed by atoms with Crippen molar-refractivity contribution in [2.24, 2.45) is 0 Å². The summed E-state index contributed by atoms with van der Waals surface area (Å²) in [5.74, 6) is 0.221. The zero-order valence-corrected chi connectivity index (χ0v) is 14.6. The van der Waals surface area contributed by atoms with Crippen LogP contribution < -0.4 is 0 Å². The molecule has 130 valence electrons. The number of benzene rings is 2. The zero-order chi connectivity index (χ0) is 17.6. The van der Waals surface area contributed by atoms with Gasteiger partial charge in [-0.05, 0) is 17.5 Å². The van der Waals surface area contributed by atoms with E-state index in [1.165, 1.54) is 5.56 Å². The number of hydrogen-bond donors (Lipinski definition) is 0. The van der Waals surface area contributed by atoms with E-state index in [0.29, 0.717) is 26.1 Å². The molecule has 2 amide bonds. The predicted molar refractivity (Wildman–Crippen MR) is 97.9 cm³/mol. The molecule has 1 aliphatic rings. The number of rotatable bonds is 4. The van der Waals surface area contributed by atoms with Crippen LogP contribution in [0.5, 0.6) is 0 Å². The lowest BCUT2D eigenvalue weighted by Crippen LogP contribution is -2.51. The molecule has 1 atom stereocenters. The fraction of sp³-hybridized carbons (Fsp3) is 0.333. The third kappa shape index (κ3) is 4.27. The summed E-state index contributed by atoms with van der Waals surface area (Å²) in [6, 6.07) is 20.0. The quantitative estimate of drug-likeness (QED) is 0.861. The molecule has 4 nitrogen and oxygen atoms in total. The van der Waals surface area contributed by atoms with E-state index in [2.05, 4.69) is 12.1 Å². The molecule has 0 radical (unpaired) electrons. The van der Waals surface area contributed by atoms with Gasteiger partial charge in [0.05, 0.1) is 6.04 Å². The van der Waals surface area contributed by atoms with Crippen LogP contribution in [0, 0.1) is 0 Å². The minimum atomic E-state index is -0.0675. The van der Waals surface area contributed by atoms with Gasteiger partial charge in [-0.2, -0.15) is 0 Å². The SMILES string of the molecule is CC(=O)N1CCN(C(=O)CCc2ccccc2)[C@@H](c2ccccc2)C1. The monoisotopic (exact) mass is 336 g/mol. The maximum Gasteiger partial charge on any atom is 0.223 e. The van der Waals surface area contributed by atoms with Crippen LogP contribution in [0.2, 0.25) is 0 Å². The molecule has 1 fully saturated rings. The molecule has 1 aliphatic heterocycles. The molecule has 0 N–H and O–H groups in total. The first-order valence-electron chi connectivity index (χ1n) is 8.79. The average Bonchev–Trinajstić information content (AvgIpc) is 2.67. The third-order valence-corrected chi connectivity index (χ3v) is 4.80. The van der Waals surface area contributed by atoms with Gasteiger partial charge in [-0.3, -0.25) is 9.59 Å².